The fraction of sp³-hybridized carbons (Fsp3) is 0.368. The summed E-state index contributed by atoms with van der Waals surface area (Å²) in [5.74, 6) is 0.451. The van der Waals surface area contributed by atoms with E-state index in [1.165, 1.54) is 7.11 Å². The lowest BCUT2D eigenvalue weighted by Gasteiger charge is -2.10. The molecule has 7 nitrogen and oxygen atoms in total. The number of carbonyl (C=O) groups excluding carboxylic acids is 2. The molecule has 0 fully saturated rings. The molecule has 1 aromatic carbocycles. The predicted octanol–water partition coefficient (Wildman–Crippen LogP) is 2.41. The van der Waals surface area contributed by atoms with E-state index in [0.717, 1.165) is 5.56 Å². The van der Waals surface area contributed by atoms with E-state index in [-0.39, 0.29) is 11.5 Å². The quantitative estimate of drug-likeness (QED) is 0.740. The minimum absolute atomic E-state index is 0.272. The molecule has 2 aromatic rings. The number of esters is 1. The van der Waals surface area contributed by atoms with Crippen LogP contribution in [0.25, 0.3) is 0 Å². The Hall–Kier alpha value is -2.96. The number of methoxy groups -OCH3 is 3. The van der Waals surface area contributed by atoms with Crippen LogP contribution in [0.2, 0.25) is 0 Å². The number of aromatic nitrogens is 1. The number of carbonyl (C=O) groups is 2. The second-order valence-corrected chi connectivity index (χ2v) is 5.81. The Labute approximate surface area is 152 Å². The Morgan fingerprint density at radius 1 is 1.00 bits per heavy atom. The fourth-order valence-electron chi connectivity index (χ4n) is 2.87. The van der Waals surface area contributed by atoms with Crippen LogP contribution in [0.4, 0.5) is 0 Å². The molecule has 0 bridgehead atoms. The topological polar surface area (TPSA) is 89.7 Å². The van der Waals surface area contributed by atoms with Crippen molar-refractivity contribution < 1.29 is 23.8 Å². The van der Waals surface area contributed by atoms with Crippen LogP contribution >= 0.6 is 0 Å². The van der Waals surface area contributed by atoms with Crippen LogP contribution in [0.3, 0.4) is 0 Å². The molecule has 26 heavy (non-hydrogen) atoms. The van der Waals surface area contributed by atoms with E-state index < -0.39 is 5.97 Å². The van der Waals surface area contributed by atoms with Crippen LogP contribution in [0.5, 0.6) is 11.5 Å². The van der Waals surface area contributed by atoms with Gasteiger partial charge in [0.15, 0.2) is 11.5 Å². The van der Waals surface area contributed by atoms with Crippen molar-refractivity contribution in [1.82, 2.24) is 10.3 Å². The van der Waals surface area contributed by atoms with Gasteiger partial charge >= 0.3 is 5.97 Å². The third-order valence-corrected chi connectivity index (χ3v) is 4.14. The zero-order valence-electron chi connectivity index (χ0n) is 15.7. The monoisotopic (exact) mass is 360 g/mol. The van der Waals surface area contributed by atoms with Crippen molar-refractivity contribution >= 4 is 11.9 Å². The third kappa shape index (κ3) is 3.99. The van der Waals surface area contributed by atoms with Crippen LogP contribution in [0, 0.1) is 13.8 Å². The first kappa shape index (κ1) is 19.4. The molecule has 0 radical (unpaired) electrons. The van der Waals surface area contributed by atoms with E-state index in [9.17, 15) is 9.59 Å². The van der Waals surface area contributed by atoms with Gasteiger partial charge in [-0.05, 0) is 38.0 Å². The lowest BCUT2D eigenvalue weighted by Crippen LogP contribution is -2.27. The highest BCUT2D eigenvalue weighted by Crippen LogP contribution is 2.27. The molecule has 0 saturated carbocycles. The molecule has 0 saturated heterocycles. The maximum atomic E-state index is 12.6. The normalized spacial score (nSPS) is 10.3. The molecule has 0 unspecified atom stereocenters. The van der Waals surface area contributed by atoms with Crippen LogP contribution in [-0.2, 0) is 11.2 Å². The lowest BCUT2D eigenvalue weighted by molar-refractivity contribution is 0.0596. The van der Waals surface area contributed by atoms with E-state index in [1.54, 1.807) is 28.1 Å². The Kier molecular flexibility index (Phi) is 6.27. The Balaban J connectivity index is 2.07. The molecule has 1 heterocycles. The van der Waals surface area contributed by atoms with Gasteiger partial charge in [0.25, 0.3) is 5.91 Å². The zero-order chi connectivity index (χ0) is 19.3. The summed E-state index contributed by atoms with van der Waals surface area (Å²) in [4.78, 5) is 27.5. The summed E-state index contributed by atoms with van der Waals surface area (Å²) in [6.07, 6.45) is 0.613. The van der Waals surface area contributed by atoms with Gasteiger partial charge < -0.3 is 24.5 Å². The summed E-state index contributed by atoms with van der Waals surface area (Å²) in [7, 11) is 4.45. The summed E-state index contributed by atoms with van der Waals surface area (Å²) in [6, 6.07) is 5.61. The number of hydrogen-bond acceptors (Lipinski definition) is 5. The highest BCUT2D eigenvalue weighted by atomic mass is 16.5. The first-order chi connectivity index (χ1) is 12.4. The number of aromatic amines is 1. The van der Waals surface area contributed by atoms with E-state index in [1.807, 2.05) is 18.2 Å². The standard InChI is InChI=1S/C19H24N2O5/c1-11-16(17(12(2)21-11)19(23)26-5)18(22)20-9-8-13-6-7-14(24-3)15(10-13)25-4/h6-7,10,21H,8-9H2,1-5H3,(H,20,22). The minimum Gasteiger partial charge on any atom is -0.493 e. The van der Waals surface area contributed by atoms with Gasteiger partial charge in [-0.3, -0.25) is 4.79 Å². The number of ether oxygens (including phenoxy) is 3. The Bertz CT molecular complexity index is 811. The number of benzene rings is 1. The molecule has 1 aromatic heterocycles. The summed E-state index contributed by atoms with van der Waals surface area (Å²) >= 11 is 0. The Morgan fingerprint density at radius 2 is 1.65 bits per heavy atom. The average molecular weight is 360 g/mol. The molecule has 0 aliphatic carbocycles. The SMILES string of the molecule is COC(=O)c1c(C)[nH]c(C)c1C(=O)NCCc1ccc(OC)c(OC)c1. The second kappa shape index (κ2) is 8.42. The highest BCUT2D eigenvalue weighted by molar-refractivity contribution is 6.07. The maximum Gasteiger partial charge on any atom is 0.340 e. The number of hydrogen-bond donors (Lipinski definition) is 2. The lowest BCUT2D eigenvalue weighted by atomic mass is 10.1. The average Bonchev–Trinajstić information content (AvgIpc) is 2.94. The van der Waals surface area contributed by atoms with Crippen molar-refractivity contribution in [2.75, 3.05) is 27.9 Å². The van der Waals surface area contributed by atoms with Crippen molar-refractivity contribution in [3.05, 3.63) is 46.3 Å². The second-order valence-electron chi connectivity index (χ2n) is 5.81. The molecule has 7 heteroatoms. The van der Waals surface area contributed by atoms with Crippen LogP contribution in [0.1, 0.15) is 37.7 Å². The molecule has 0 aliphatic heterocycles. The molecular weight excluding hydrogens is 336 g/mol. The van der Waals surface area contributed by atoms with Crippen LogP contribution in [-0.4, -0.2) is 44.7 Å². The summed E-state index contributed by atoms with van der Waals surface area (Å²) in [5, 5.41) is 2.85. The predicted molar refractivity (Wildman–Crippen MR) is 97.2 cm³/mol. The fourth-order valence-corrected chi connectivity index (χ4v) is 2.87. The zero-order valence-corrected chi connectivity index (χ0v) is 15.7. The van der Waals surface area contributed by atoms with Gasteiger partial charge in [0.1, 0.15) is 0 Å². The number of rotatable bonds is 7. The van der Waals surface area contributed by atoms with E-state index >= 15 is 0 Å². The van der Waals surface area contributed by atoms with Gasteiger partial charge in [0.05, 0.1) is 32.5 Å². The molecule has 2 rings (SSSR count). The summed E-state index contributed by atoms with van der Waals surface area (Å²) < 4.78 is 15.3. The maximum absolute atomic E-state index is 12.6. The van der Waals surface area contributed by atoms with Gasteiger partial charge in [-0.15, -0.1) is 0 Å². The van der Waals surface area contributed by atoms with Gasteiger partial charge in [-0.2, -0.15) is 0 Å². The largest absolute Gasteiger partial charge is 0.493 e. The number of nitrogens with one attached hydrogen (secondary N) is 2. The molecular formula is C19H24N2O5. The molecule has 0 spiro atoms. The van der Waals surface area contributed by atoms with Crippen molar-refractivity contribution in [2.24, 2.45) is 0 Å². The van der Waals surface area contributed by atoms with Crippen LogP contribution < -0.4 is 14.8 Å². The minimum atomic E-state index is -0.531. The number of aryl methyl sites for hydroxylation is 2. The van der Waals surface area contributed by atoms with Gasteiger partial charge in [-0.1, -0.05) is 6.07 Å². The number of H-pyrrole nitrogens is 1. The molecule has 0 aliphatic rings. The van der Waals surface area contributed by atoms with Gasteiger partial charge in [0, 0.05) is 17.9 Å². The van der Waals surface area contributed by atoms with Crippen molar-refractivity contribution in [3.8, 4) is 11.5 Å². The van der Waals surface area contributed by atoms with Crippen molar-refractivity contribution in [1.29, 1.82) is 0 Å². The summed E-state index contributed by atoms with van der Waals surface area (Å²) in [6.45, 7) is 3.90. The van der Waals surface area contributed by atoms with Crippen molar-refractivity contribution in [2.45, 2.75) is 20.3 Å². The van der Waals surface area contributed by atoms with Crippen LogP contribution in [0.15, 0.2) is 18.2 Å². The van der Waals surface area contributed by atoms with Gasteiger partial charge in [0.2, 0.25) is 0 Å². The van der Waals surface area contributed by atoms with E-state index in [4.69, 9.17) is 14.2 Å². The van der Waals surface area contributed by atoms with E-state index in [0.29, 0.717) is 41.4 Å². The highest BCUT2D eigenvalue weighted by Gasteiger charge is 2.24. The van der Waals surface area contributed by atoms with E-state index in [2.05, 4.69) is 10.3 Å². The Morgan fingerprint density at radius 3 is 2.27 bits per heavy atom. The first-order valence-electron chi connectivity index (χ1n) is 8.19. The molecule has 140 valence electrons. The summed E-state index contributed by atoms with van der Waals surface area (Å²) in [5.41, 5.74) is 2.83. The molecule has 0 atom stereocenters. The number of amides is 1. The smallest absolute Gasteiger partial charge is 0.340 e. The first-order valence-corrected chi connectivity index (χ1v) is 8.19. The van der Waals surface area contributed by atoms with Crippen molar-refractivity contribution in [3.63, 3.8) is 0 Å². The third-order valence-electron chi connectivity index (χ3n) is 4.14. The van der Waals surface area contributed by atoms with Gasteiger partial charge in [-0.25, -0.2) is 4.79 Å². The molecule has 1 amide bonds. The molecule has 2 N–H and O–H groups in total.